The molecule has 1 aromatic heterocycles. The van der Waals surface area contributed by atoms with E-state index in [0.29, 0.717) is 6.04 Å². The van der Waals surface area contributed by atoms with Crippen LogP contribution in [0.3, 0.4) is 0 Å². The second-order valence-electron chi connectivity index (χ2n) is 3.11. The van der Waals surface area contributed by atoms with Gasteiger partial charge >= 0.3 is 0 Å². The summed E-state index contributed by atoms with van der Waals surface area (Å²) < 4.78 is 0. The molecule has 0 saturated carbocycles. The van der Waals surface area contributed by atoms with Crippen LogP contribution in [-0.4, -0.2) is 11.0 Å². The van der Waals surface area contributed by atoms with E-state index in [1.54, 1.807) is 0 Å². The van der Waals surface area contributed by atoms with E-state index < -0.39 is 0 Å². The highest BCUT2D eigenvalue weighted by atomic mass is 32.1. The first-order valence-corrected chi connectivity index (χ1v) is 4.78. The molecule has 0 aromatic carbocycles. The minimum atomic E-state index is 0.351. The number of thiazole rings is 1. The van der Waals surface area contributed by atoms with Crippen LogP contribution in [0.25, 0.3) is 0 Å². The van der Waals surface area contributed by atoms with Gasteiger partial charge in [-0.15, -0.1) is 11.3 Å². The largest absolute Gasteiger partial charge is 0.327 e. The van der Waals surface area contributed by atoms with E-state index in [2.05, 4.69) is 11.9 Å². The number of aromatic nitrogens is 1. The lowest BCUT2D eigenvalue weighted by Gasteiger charge is -2.15. The molecular formula is C8H12N2S. The van der Waals surface area contributed by atoms with Gasteiger partial charge in [0.15, 0.2) is 0 Å². The maximum absolute atomic E-state index is 5.82. The average Bonchev–Trinajstić information content (AvgIpc) is 2.27. The fourth-order valence-electron chi connectivity index (χ4n) is 1.53. The molecule has 0 fully saturated rings. The maximum atomic E-state index is 5.82. The molecule has 0 bridgehead atoms. The highest BCUT2D eigenvalue weighted by Gasteiger charge is 2.18. The monoisotopic (exact) mass is 168 g/mol. The summed E-state index contributed by atoms with van der Waals surface area (Å²) >= 11 is 1.83. The predicted octanol–water partition coefficient (Wildman–Crippen LogP) is 1.27. The van der Waals surface area contributed by atoms with Crippen LogP contribution in [0.2, 0.25) is 0 Å². The molecule has 2 nitrogen and oxygen atoms in total. The normalized spacial score (nSPS) is 23.3. The molecule has 1 aliphatic carbocycles. The summed E-state index contributed by atoms with van der Waals surface area (Å²) in [6.45, 7) is 2.06. The molecule has 1 unspecified atom stereocenters. The summed E-state index contributed by atoms with van der Waals surface area (Å²) in [7, 11) is 0. The van der Waals surface area contributed by atoms with Crippen LogP contribution in [0, 0.1) is 6.92 Å². The number of rotatable bonds is 0. The summed E-state index contributed by atoms with van der Waals surface area (Å²) in [6.07, 6.45) is 3.26. The van der Waals surface area contributed by atoms with Gasteiger partial charge in [0.25, 0.3) is 0 Å². The first kappa shape index (κ1) is 7.25. The Bertz CT molecular complexity index is 267. The van der Waals surface area contributed by atoms with E-state index in [1.165, 1.54) is 15.6 Å². The van der Waals surface area contributed by atoms with Crippen molar-refractivity contribution < 1.29 is 0 Å². The molecular weight excluding hydrogens is 156 g/mol. The summed E-state index contributed by atoms with van der Waals surface area (Å²) in [4.78, 5) is 5.90. The van der Waals surface area contributed by atoms with Gasteiger partial charge in [0, 0.05) is 17.3 Å². The maximum Gasteiger partial charge on any atom is 0.0900 e. The summed E-state index contributed by atoms with van der Waals surface area (Å²) in [5.74, 6) is 0. The van der Waals surface area contributed by atoms with E-state index in [9.17, 15) is 0 Å². The third kappa shape index (κ3) is 1.30. The zero-order chi connectivity index (χ0) is 7.84. The zero-order valence-corrected chi connectivity index (χ0v) is 7.45. The molecule has 1 aromatic rings. The highest BCUT2D eigenvalue weighted by molar-refractivity contribution is 7.11. The van der Waals surface area contributed by atoms with Crippen LogP contribution < -0.4 is 5.73 Å². The van der Waals surface area contributed by atoms with Gasteiger partial charge in [-0.05, 0) is 19.8 Å². The Morgan fingerprint density at radius 3 is 3.27 bits per heavy atom. The Hall–Kier alpha value is -0.410. The fraction of sp³-hybridized carbons (Fsp3) is 0.625. The SMILES string of the molecule is Cc1nc2c(s1)CCC(N)C2. The van der Waals surface area contributed by atoms with Crippen molar-refractivity contribution in [2.45, 2.75) is 32.2 Å². The fourth-order valence-corrected chi connectivity index (χ4v) is 2.51. The highest BCUT2D eigenvalue weighted by Crippen LogP contribution is 2.25. The van der Waals surface area contributed by atoms with Crippen molar-refractivity contribution in [3.05, 3.63) is 15.6 Å². The first-order valence-electron chi connectivity index (χ1n) is 3.96. The van der Waals surface area contributed by atoms with Crippen molar-refractivity contribution in [2.75, 3.05) is 0 Å². The van der Waals surface area contributed by atoms with Gasteiger partial charge in [-0.2, -0.15) is 0 Å². The van der Waals surface area contributed by atoms with E-state index in [1.807, 2.05) is 11.3 Å². The third-order valence-corrected chi connectivity index (χ3v) is 3.16. The molecule has 0 aliphatic heterocycles. The molecule has 3 heteroatoms. The van der Waals surface area contributed by atoms with Gasteiger partial charge in [0.05, 0.1) is 10.7 Å². The zero-order valence-electron chi connectivity index (χ0n) is 6.63. The van der Waals surface area contributed by atoms with E-state index in [-0.39, 0.29) is 0 Å². The number of hydrogen-bond acceptors (Lipinski definition) is 3. The van der Waals surface area contributed by atoms with Gasteiger partial charge in [-0.25, -0.2) is 4.98 Å². The molecule has 60 valence electrons. The van der Waals surface area contributed by atoms with Crippen LogP contribution >= 0.6 is 11.3 Å². The average molecular weight is 168 g/mol. The minimum absolute atomic E-state index is 0.351. The molecule has 2 N–H and O–H groups in total. The standard InChI is InChI=1S/C8H12N2S/c1-5-10-7-4-6(9)2-3-8(7)11-5/h6H,2-4,9H2,1H3. The lowest BCUT2D eigenvalue weighted by atomic mass is 9.99. The van der Waals surface area contributed by atoms with Crippen LogP contribution in [0.5, 0.6) is 0 Å². The first-order chi connectivity index (χ1) is 5.25. The molecule has 2 rings (SSSR count). The second kappa shape index (κ2) is 2.57. The Kier molecular flexibility index (Phi) is 1.69. The lowest BCUT2D eigenvalue weighted by Crippen LogP contribution is -2.27. The summed E-state index contributed by atoms with van der Waals surface area (Å²) in [6, 6.07) is 0.351. The van der Waals surface area contributed by atoms with Crippen molar-refractivity contribution in [1.82, 2.24) is 4.98 Å². The Labute approximate surface area is 70.5 Å². The van der Waals surface area contributed by atoms with Gasteiger partial charge in [0.1, 0.15) is 0 Å². The molecule has 1 atom stereocenters. The number of fused-ring (bicyclic) bond motifs is 1. The van der Waals surface area contributed by atoms with Crippen molar-refractivity contribution >= 4 is 11.3 Å². The molecule has 0 saturated heterocycles. The van der Waals surface area contributed by atoms with Crippen molar-refractivity contribution in [3.63, 3.8) is 0 Å². The Morgan fingerprint density at radius 2 is 2.45 bits per heavy atom. The van der Waals surface area contributed by atoms with Crippen LogP contribution in [0.4, 0.5) is 0 Å². The number of aryl methyl sites for hydroxylation is 2. The van der Waals surface area contributed by atoms with Gasteiger partial charge < -0.3 is 5.73 Å². The molecule has 1 heterocycles. The van der Waals surface area contributed by atoms with Crippen LogP contribution in [0.15, 0.2) is 0 Å². The molecule has 11 heavy (non-hydrogen) atoms. The topological polar surface area (TPSA) is 38.9 Å². The molecule has 0 radical (unpaired) electrons. The van der Waals surface area contributed by atoms with E-state index in [0.717, 1.165) is 19.3 Å². The molecule has 1 aliphatic rings. The number of nitrogens with two attached hydrogens (primary N) is 1. The van der Waals surface area contributed by atoms with Crippen molar-refractivity contribution in [2.24, 2.45) is 5.73 Å². The summed E-state index contributed by atoms with van der Waals surface area (Å²) in [5.41, 5.74) is 7.08. The summed E-state index contributed by atoms with van der Waals surface area (Å²) in [5, 5.41) is 1.18. The third-order valence-electron chi connectivity index (χ3n) is 2.08. The van der Waals surface area contributed by atoms with Gasteiger partial charge in [-0.1, -0.05) is 0 Å². The molecule has 0 spiro atoms. The Balaban J connectivity index is 2.34. The van der Waals surface area contributed by atoms with Crippen molar-refractivity contribution in [3.8, 4) is 0 Å². The van der Waals surface area contributed by atoms with Gasteiger partial charge in [0.2, 0.25) is 0 Å². The number of nitrogens with zero attached hydrogens (tertiary/aromatic N) is 1. The lowest BCUT2D eigenvalue weighted by molar-refractivity contribution is 0.573. The van der Waals surface area contributed by atoms with Gasteiger partial charge in [-0.3, -0.25) is 0 Å². The Morgan fingerprint density at radius 1 is 1.64 bits per heavy atom. The second-order valence-corrected chi connectivity index (χ2v) is 4.39. The van der Waals surface area contributed by atoms with Crippen LogP contribution in [-0.2, 0) is 12.8 Å². The molecule has 0 amide bonds. The van der Waals surface area contributed by atoms with Crippen molar-refractivity contribution in [1.29, 1.82) is 0 Å². The number of hydrogen-bond donors (Lipinski definition) is 1. The van der Waals surface area contributed by atoms with E-state index in [4.69, 9.17) is 5.73 Å². The smallest absolute Gasteiger partial charge is 0.0900 e. The predicted molar refractivity (Wildman–Crippen MR) is 46.9 cm³/mol. The van der Waals surface area contributed by atoms with Crippen LogP contribution in [0.1, 0.15) is 22.0 Å². The quantitative estimate of drug-likeness (QED) is 0.633. The minimum Gasteiger partial charge on any atom is -0.327 e. The van der Waals surface area contributed by atoms with E-state index >= 15 is 0 Å².